The van der Waals surface area contributed by atoms with Gasteiger partial charge in [0.05, 0.1) is 22.9 Å². The van der Waals surface area contributed by atoms with Gasteiger partial charge in [0.15, 0.2) is 5.82 Å². The van der Waals surface area contributed by atoms with Crippen molar-refractivity contribution in [1.29, 1.82) is 5.26 Å². The highest BCUT2D eigenvalue weighted by Gasteiger charge is 2.38. The molecule has 0 bridgehead atoms. The Hall–Kier alpha value is -4.36. The molecule has 3 N–H and O–H groups in total. The van der Waals surface area contributed by atoms with Crippen molar-refractivity contribution in [3.8, 4) is 23.2 Å². The maximum absolute atomic E-state index is 15.9. The van der Waals surface area contributed by atoms with Gasteiger partial charge in [-0.15, -0.1) is 11.3 Å². The molecule has 0 aliphatic carbocycles. The zero-order chi connectivity index (χ0) is 36.3. The molecule has 3 saturated heterocycles. The molecular weight excluding hydrogens is 684 g/mol. The summed E-state index contributed by atoms with van der Waals surface area (Å²) in [4.78, 5) is 22.6. The normalized spacial score (nSPS) is 18.7. The van der Waals surface area contributed by atoms with E-state index in [0.717, 1.165) is 44.3 Å². The number of amides is 1. The van der Waals surface area contributed by atoms with E-state index < -0.39 is 40.6 Å². The number of alkyl halides is 4. The third kappa shape index (κ3) is 7.53. The minimum Gasteiger partial charge on any atom is -0.467 e. The van der Waals surface area contributed by atoms with Gasteiger partial charge < -0.3 is 20.7 Å². The van der Waals surface area contributed by atoms with Crippen molar-refractivity contribution in [2.45, 2.75) is 64.3 Å². The highest BCUT2D eigenvalue weighted by atomic mass is 32.1. The third-order valence-electron chi connectivity index (χ3n) is 8.95. The van der Waals surface area contributed by atoms with E-state index in [-0.39, 0.29) is 55.9 Å². The Labute approximate surface area is 289 Å². The Balaban J connectivity index is 0.000000230. The van der Waals surface area contributed by atoms with Crippen LogP contribution in [-0.4, -0.2) is 77.7 Å². The number of ether oxygens (including phenoxy) is 1. The number of nitrogen functional groups attached to an aromatic ring is 1. The number of likely N-dealkylation sites (tertiary alicyclic amines) is 1. The zero-order valence-corrected chi connectivity index (χ0v) is 28.6. The monoisotopic (exact) mass is 721 g/mol. The number of rotatable bonds is 4. The summed E-state index contributed by atoms with van der Waals surface area (Å²) in [5.74, 6) is -1.93. The molecule has 0 saturated carbocycles. The number of carbonyl (C=O) groups is 1. The standard InChI is InChI=1S/C21H14F5N5OS.C7H12FN.C6H11NO/c1-3-29-19-9-6-11(21(24,25)26)14(15(23)16(9)30-20(31-19)32-2)8-4-5-12(22)17-13(8)10(7-27)18(28)33-17;8-6-4-7-2-1-3-9(7)5-6;1-6(8)7-4-2-3-5-7/h4-6H,3,28H2,1-2H3,(H,29,30,31);6-7H,1-5H2;2-5H2,1H3. The molecule has 268 valence electrons. The van der Waals surface area contributed by atoms with Crippen molar-refractivity contribution in [2.24, 2.45) is 0 Å². The maximum atomic E-state index is 15.9. The van der Waals surface area contributed by atoms with Gasteiger partial charge in [-0.2, -0.15) is 28.4 Å². The summed E-state index contributed by atoms with van der Waals surface area (Å²) < 4.78 is 90.2. The molecule has 2 atom stereocenters. The van der Waals surface area contributed by atoms with Crippen molar-refractivity contribution >= 4 is 49.1 Å². The van der Waals surface area contributed by atoms with Crippen molar-refractivity contribution in [2.75, 3.05) is 50.9 Å². The summed E-state index contributed by atoms with van der Waals surface area (Å²) in [5, 5.41) is 11.8. The summed E-state index contributed by atoms with van der Waals surface area (Å²) in [7, 11) is 1.23. The van der Waals surface area contributed by atoms with Crippen LogP contribution >= 0.6 is 11.3 Å². The van der Waals surface area contributed by atoms with Crippen molar-refractivity contribution in [3.63, 3.8) is 0 Å². The summed E-state index contributed by atoms with van der Waals surface area (Å²) >= 11 is 0.698. The van der Waals surface area contributed by atoms with Gasteiger partial charge in [0, 0.05) is 55.5 Å². The lowest BCUT2D eigenvalue weighted by atomic mass is 9.92. The first kappa shape index (κ1) is 36.9. The first-order chi connectivity index (χ1) is 23.8. The number of thiophene rings is 1. The fraction of sp³-hybridized carbons (Fsp3) is 0.471. The van der Waals surface area contributed by atoms with Crippen LogP contribution in [0.4, 0.5) is 37.2 Å². The van der Waals surface area contributed by atoms with E-state index in [9.17, 15) is 32.0 Å². The third-order valence-corrected chi connectivity index (χ3v) is 9.98. The Kier molecular flexibility index (Phi) is 11.3. The number of anilines is 2. The van der Waals surface area contributed by atoms with Crippen molar-refractivity contribution in [1.82, 2.24) is 19.8 Å². The molecule has 50 heavy (non-hydrogen) atoms. The molecule has 0 spiro atoms. The van der Waals surface area contributed by atoms with Gasteiger partial charge in [-0.1, -0.05) is 6.07 Å². The van der Waals surface area contributed by atoms with Gasteiger partial charge in [-0.25, -0.2) is 13.2 Å². The van der Waals surface area contributed by atoms with Crippen LogP contribution in [0.5, 0.6) is 6.01 Å². The van der Waals surface area contributed by atoms with E-state index in [1.54, 1.807) is 19.9 Å². The predicted octanol–water partition coefficient (Wildman–Crippen LogP) is 7.52. The smallest absolute Gasteiger partial charge is 0.417 e. The predicted molar refractivity (Wildman–Crippen MR) is 181 cm³/mol. The number of hydrogen-bond acceptors (Lipinski definition) is 9. The molecule has 1 amide bonds. The SMILES string of the molecule is CC(=O)N1CCCC1.CCNc1nc(OC)nc2c(F)c(-c3ccc(F)c4sc(N)c(C#N)c34)c(C(F)(F)F)cc12.FC1CC2CCCN2C1. The van der Waals surface area contributed by atoms with E-state index in [0.29, 0.717) is 23.9 Å². The average Bonchev–Trinajstić information content (AvgIpc) is 3.87. The van der Waals surface area contributed by atoms with Crippen molar-refractivity contribution in [3.05, 3.63) is 41.0 Å². The lowest BCUT2D eigenvalue weighted by Crippen LogP contribution is -2.24. The molecule has 2 unspecified atom stereocenters. The fourth-order valence-electron chi connectivity index (χ4n) is 6.65. The molecule has 5 heterocycles. The van der Waals surface area contributed by atoms with Crippen LogP contribution in [0.1, 0.15) is 57.1 Å². The Morgan fingerprint density at radius 2 is 1.90 bits per heavy atom. The molecular formula is C34H37F6N7O2S. The number of nitrogens with two attached hydrogens (primary N) is 1. The fourth-order valence-corrected chi connectivity index (χ4v) is 7.60. The Morgan fingerprint density at radius 3 is 2.48 bits per heavy atom. The summed E-state index contributed by atoms with van der Waals surface area (Å²) in [6, 6.07) is 4.75. The number of halogens is 6. The van der Waals surface area contributed by atoms with E-state index in [4.69, 9.17) is 10.5 Å². The van der Waals surface area contributed by atoms with Gasteiger partial charge in [-0.3, -0.25) is 9.69 Å². The molecule has 7 rings (SSSR count). The number of nitriles is 1. The van der Waals surface area contributed by atoms with Crippen LogP contribution in [0.15, 0.2) is 18.2 Å². The molecule has 3 fully saturated rings. The lowest BCUT2D eigenvalue weighted by Gasteiger charge is -2.18. The number of benzene rings is 2. The largest absolute Gasteiger partial charge is 0.467 e. The minimum absolute atomic E-state index is 0.0444. The summed E-state index contributed by atoms with van der Waals surface area (Å²) in [5.41, 5.74) is 2.59. The van der Waals surface area contributed by atoms with E-state index in [1.807, 2.05) is 4.90 Å². The second-order valence-electron chi connectivity index (χ2n) is 12.2. The topological polar surface area (TPSA) is 120 Å². The van der Waals surface area contributed by atoms with Crippen LogP contribution in [0.25, 0.3) is 32.1 Å². The molecule has 3 aliphatic rings. The summed E-state index contributed by atoms with van der Waals surface area (Å²) in [6.45, 7) is 7.43. The lowest BCUT2D eigenvalue weighted by molar-refractivity contribution is -0.137. The highest BCUT2D eigenvalue weighted by molar-refractivity contribution is 7.23. The van der Waals surface area contributed by atoms with Gasteiger partial charge in [0.1, 0.15) is 34.4 Å². The number of nitrogens with one attached hydrogen (secondary N) is 1. The maximum Gasteiger partial charge on any atom is 0.417 e. The average molecular weight is 722 g/mol. The van der Waals surface area contributed by atoms with Gasteiger partial charge in [0.25, 0.3) is 0 Å². The second-order valence-corrected chi connectivity index (χ2v) is 13.2. The minimum atomic E-state index is -5.00. The molecule has 2 aromatic carbocycles. The number of aromatic nitrogens is 2. The summed E-state index contributed by atoms with van der Waals surface area (Å²) in [6.07, 6.45) is 0.204. The number of methoxy groups -OCH3 is 1. The first-order valence-corrected chi connectivity index (χ1v) is 17.0. The van der Waals surface area contributed by atoms with Gasteiger partial charge in [-0.05, 0) is 63.3 Å². The van der Waals surface area contributed by atoms with Gasteiger partial charge in [0.2, 0.25) is 5.91 Å². The van der Waals surface area contributed by atoms with Gasteiger partial charge >= 0.3 is 12.2 Å². The molecule has 3 aliphatic heterocycles. The zero-order valence-electron chi connectivity index (χ0n) is 27.8. The Morgan fingerprint density at radius 1 is 1.18 bits per heavy atom. The second kappa shape index (κ2) is 15.3. The molecule has 2 aromatic heterocycles. The number of fused-ring (bicyclic) bond motifs is 3. The van der Waals surface area contributed by atoms with Crippen LogP contribution in [0.2, 0.25) is 0 Å². The van der Waals surface area contributed by atoms with E-state index in [1.165, 1.54) is 32.8 Å². The molecule has 0 radical (unpaired) electrons. The van der Waals surface area contributed by atoms with Crippen LogP contribution in [-0.2, 0) is 11.0 Å². The first-order valence-electron chi connectivity index (χ1n) is 16.2. The number of carbonyl (C=O) groups excluding carboxylic acids is 1. The van der Waals surface area contributed by atoms with Crippen LogP contribution in [0.3, 0.4) is 0 Å². The van der Waals surface area contributed by atoms with E-state index in [2.05, 4.69) is 20.2 Å². The molecule has 16 heteroatoms. The molecule has 4 aromatic rings. The quantitative estimate of drug-likeness (QED) is 0.208. The number of hydrogen-bond donors (Lipinski definition) is 2. The Bertz CT molecular complexity index is 1910. The van der Waals surface area contributed by atoms with Crippen LogP contribution < -0.4 is 15.8 Å². The van der Waals surface area contributed by atoms with Crippen molar-refractivity contribution < 1.29 is 35.9 Å². The molecule has 9 nitrogen and oxygen atoms in total. The number of nitrogens with zero attached hydrogens (tertiary/aromatic N) is 5. The highest BCUT2D eigenvalue weighted by Crippen LogP contribution is 2.47. The van der Waals surface area contributed by atoms with Crippen LogP contribution in [0, 0.1) is 23.0 Å². The van der Waals surface area contributed by atoms with E-state index >= 15 is 4.39 Å².